The number of benzene rings is 1. The second-order valence-corrected chi connectivity index (χ2v) is 6.04. The predicted octanol–water partition coefficient (Wildman–Crippen LogP) is 2.70. The zero-order chi connectivity index (χ0) is 14.2. The number of rotatable bonds is 7. The highest BCUT2D eigenvalue weighted by Crippen LogP contribution is 2.16. The fourth-order valence-corrected chi connectivity index (χ4v) is 2.63. The summed E-state index contributed by atoms with van der Waals surface area (Å²) in [7, 11) is 0. The molecule has 0 bridgehead atoms. The average Bonchev–Trinajstić information content (AvgIpc) is 2.48. The Morgan fingerprint density at radius 3 is 2.85 bits per heavy atom. The fraction of sp³-hybridized carbons (Fsp3) is 0.647. The third kappa shape index (κ3) is 5.23. The van der Waals surface area contributed by atoms with Crippen LogP contribution in [0.4, 0.5) is 0 Å². The average molecular weight is 276 g/mol. The molecule has 1 aliphatic heterocycles. The Hall–Kier alpha value is -0.900. The van der Waals surface area contributed by atoms with Gasteiger partial charge in [0.05, 0.1) is 0 Å². The van der Waals surface area contributed by atoms with Crippen LogP contribution in [0.2, 0.25) is 0 Å². The van der Waals surface area contributed by atoms with Gasteiger partial charge in [0.15, 0.2) is 0 Å². The molecule has 1 saturated heterocycles. The molecule has 0 amide bonds. The molecular formula is C17H28N2O. The highest BCUT2D eigenvalue weighted by Gasteiger charge is 2.19. The molecule has 1 aromatic rings. The monoisotopic (exact) mass is 276 g/mol. The van der Waals surface area contributed by atoms with Crippen LogP contribution in [0.5, 0.6) is 0 Å². The summed E-state index contributed by atoms with van der Waals surface area (Å²) >= 11 is 0. The van der Waals surface area contributed by atoms with Gasteiger partial charge in [-0.2, -0.15) is 0 Å². The number of piperazine rings is 1. The van der Waals surface area contributed by atoms with Gasteiger partial charge in [0.1, 0.15) is 0 Å². The van der Waals surface area contributed by atoms with E-state index in [4.69, 9.17) is 4.74 Å². The van der Waals surface area contributed by atoms with Gasteiger partial charge in [-0.25, -0.2) is 0 Å². The molecule has 112 valence electrons. The molecule has 0 saturated carbocycles. The van der Waals surface area contributed by atoms with E-state index in [1.54, 1.807) is 0 Å². The summed E-state index contributed by atoms with van der Waals surface area (Å²) in [6.45, 7) is 10.6. The predicted molar refractivity (Wildman–Crippen MR) is 83.9 cm³/mol. The van der Waals surface area contributed by atoms with Crippen LogP contribution >= 0.6 is 0 Å². The summed E-state index contributed by atoms with van der Waals surface area (Å²) in [5.74, 6) is 0.636. The van der Waals surface area contributed by atoms with Gasteiger partial charge in [-0.1, -0.05) is 44.2 Å². The molecule has 3 nitrogen and oxygen atoms in total. The first-order chi connectivity index (χ1) is 9.75. The third-order valence-electron chi connectivity index (χ3n) is 3.68. The van der Waals surface area contributed by atoms with Crippen molar-refractivity contribution in [3.63, 3.8) is 0 Å². The molecule has 1 aliphatic rings. The van der Waals surface area contributed by atoms with Crippen LogP contribution in [0.15, 0.2) is 30.3 Å². The van der Waals surface area contributed by atoms with E-state index in [1.165, 1.54) is 5.56 Å². The number of nitrogens with zero attached hydrogens (tertiary/aromatic N) is 1. The molecule has 1 unspecified atom stereocenters. The van der Waals surface area contributed by atoms with Crippen LogP contribution in [0, 0.1) is 5.92 Å². The molecule has 1 atom stereocenters. The first-order valence-electron chi connectivity index (χ1n) is 7.84. The van der Waals surface area contributed by atoms with Crippen molar-refractivity contribution in [2.24, 2.45) is 5.92 Å². The number of hydrogen-bond acceptors (Lipinski definition) is 3. The Labute approximate surface area is 123 Å². The fourth-order valence-electron chi connectivity index (χ4n) is 2.63. The molecule has 1 aromatic carbocycles. The SMILES string of the molecule is CC(C)COCCCN1CCNC(c2ccccc2)C1. The molecule has 0 aromatic heterocycles. The van der Waals surface area contributed by atoms with Crippen molar-refractivity contribution in [2.45, 2.75) is 26.3 Å². The van der Waals surface area contributed by atoms with Gasteiger partial charge in [0, 0.05) is 45.4 Å². The maximum absolute atomic E-state index is 5.66. The molecule has 1 heterocycles. The highest BCUT2D eigenvalue weighted by molar-refractivity contribution is 5.19. The summed E-state index contributed by atoms with van der Waals surface area (Å²) < 4.78 is 5.66. The normalized spacial score (nSPS) is 20.4. The summed E-state index contributed by atoms with van der Waals surface area (Å²) in [6, 6.07) is 11.2. The van der Waals surface area contributed by atoms with E-state index in [0.29, 0.717) is 12.0 Å². The van der Waals surface area contributed by atoms with E-state index in [2.05, 4.69) is 54.4 Å². The van der Waals surface area contributed by atoms with Gasteiger partial charge < -0.3 is 15.0 Å². The molecule has 0 radical (unpaired) electrons. The van der Waals surface area contributed by atoms with Crippen LogP contribution < -0.4 is 5.32 Å². The maximum atomic E-state index is 5.66. The molecule has 0 spiro atoms. The van der Waals surface area contributed by atoms with Crippen LogP contribution in [0.1, 0.15) is 31.9 Å². The lowest BCUT2D eigenvalue weighted by molar-refractivity contribution is 0.0950. The van der Waals surface area contributed by atoms with Gasteiger partial charge in [-0.05, 0) is 17.9 Å². The minimum absolute atomic E-state index is 0.474. The summed E-state index contributed by atoms with van der Waals surface area (Å²) in [4.78, 5) is 2.55. The Morgan fingerprint density at radius 2 is 2.10 bits per heavy atom. The molecule has 0 aliphatic carbocycles. The Bertz CT molecular complexity index is 367. The number of ether oxygens (including phenoxy) is 1. The lowest BCUT2D eigenvalue weighted by Gasteiger charge is -2.34. The second kappa shape index (κ2) is 8.40. The number of nitrogens with one attached hydrogen (secondary N) is 1. The molecule has 2 rings (SSSR count). The zero-order valence-electron chi connectivity index (χ0n) is 12.8. The van der Waals surface area contributed by atoms with Crippen LogP contribution in [0.25, 0.3) is 0 Å². The summed E-state index contributed by atoms with van der Waals surface area (Å²) in [6.07, 6.45) is 1.13. The van der Waals surface area contributed by atoms with Crippen molar-refractivity contribution in [3.8, 4) is 0 Å². The van der Waals surface area contributed by atoms with Crippen molar-refractivity contribution in [2.75, 3.05) is 39.4 Å². The lowest BCUT2D eigenvalue weighted by Crippen LogP contribution is -2.46. The Balaban J connectivity index is 1.68. The minimum Gasteiger partial charge on any atom is -0.381 e. The van der Waals surface area contributed by atoms with Crippen LogP contribution in [0.3, 0.4) is 0 Å². The van der Waals surface area contributed by atoms with Crippen molar-refractivity contribution < 1.29 is 4.74 Å². The van der Waals surface area contributed by atoms with Crippen molar-refractivity contribution in [3.05, 3.63) is 35.9 Å². The van der Waals surface area contributed by atoms with Gasteiger partial charge in [-0.3, -0.25) is 0 Å². The second-order valence-electron chi connectivity index (χ2n) is 6.04. The van der Waals surface area contributed by atoms with Crippen molar-refractivity contribution in [1.82, 2.24) is 10.2 Å². The quantitative estimate of drug-likeness (QED) is 0.775. The smallest absolute Gasteiger partial charge is 0.0489 e. The summed E-state index contributed by atoms with van der Waals surface area (Å²) in [5, 5.41) is 3.61. The van der Waals surface area contributed by atoms with Gasteiger partial charge in [0.25, 0.3) is 0 Å². The largest absolute Gasteiger partial charge is 0.381 e. The minimum atomic E-state index is 0.474. The van der Waals surface area contributed by atoms with Crippen molar-refractivity contribution >= 4 is 0 Å². The molecular weight excluding hydrogens is 248 g/mol. The Kier molecular flexibility index (Phi) is 6.51. The van der Waals surface area contributed by atoms with E-state index < -0.39 is 0 Å². The van der Waals surface area contributed by atoms with E-state index >= 15 is 0 Å². The van der Waals surface area contributed by atoms with Crippen LogP contribution in [-0.4, -0.2) is 44.3 Å². The van der Waals surface area contributed by atoms with Crippen LogP contribution in [-0.2, 0) is 4.74 Å². The molecule has 1 fully saturated rings. The van der Waals surface area contributed by atoms with E-state index in [1.807, 2.05) is 0 Å². The topological polar surface area (TPSA) is 24.5 Å². The van der Waals surface area contributed by atoms with E-state index in [-0.39, 0.29) is 0 Å². The first kappa shape index (κ1) is 15.5. The molecule has 1 N–H and O–H groups in total. The van der Waals surface area contributed by atoms with Gasteiger partial charge in [-0.15, -0.1) is 0 Å². The first-order valence-corrected chi connectivity index (χ1v) is 7.84. The maximum Gasteiger partial charge on any atom is 0.0489 e. The van der Waals surface area contributed by atoms with Crippen molar-refractivity contribution in [1.29, 1.82) is 0 Å². The lowest BCUT2D eigenvalue weighted by atomic mass is 10.0. The number of hydrogen-bond donors (Lipinski definition) is 1. The van der Waals surface area contributed by atoms with E-state index in [0.717, 1.165) is 45.8 Å². The standard InChI is InChI=1S/C17H28N2O/c1-15(2)14-20-12-6-10-19-11-9-18-17(13-19)16-7-4-3-5-8-16/h3-5,7-8,15,17-18H,6,9-14H2,1-2H3. The van der Waals surface area contributed by atoms with Gasteiger partial charge >= 0.3 is 0 Å². The van der Waals surface area contributed by atoms with Gasteiger partial charge in [0.2, 0.25) is 0 Å². The Morgan fingerprint density at radius 1 is 1.30 bits per heavy atom. The zero-order valence-corrected chi connectivity index (χ0v) is 12.8. The third-order valence-corrected chi connectivity index (χ3v) is 3.68. The van der Waals surface area contributed by atoms with E-state index in [9.17, 15) is 0 Å². The highest BCUT2D eigenvalue weighted by atomic mass is 16.5. The summed E-state index contributed by atoms with van der Waals surface area (Å²) in [5.41, 5.74) is 1.40. The molecule has 20 heavy (non-hydrogen) atoms. The molecule has 3 heteroatoms.